The van der Waals surface area contributed by atoms with Crippen molar-refractivity contribution < 1.29 is 22.6 Å². The molecule has 4 nitrogen and oxygen atoms in total. The summed E-state index contributed by atoms with van der Waals surface area (Å²) in [5.41, 5.74) is 3.66. The summed E-state index contributed by atoms with van der Waals surface area (Å²) in [6, 6.07) is 21.4. The molecule has 2 aliphatic rings. The van der Waals surface area contributed by atoms with Crippen molar-refractivity contribution in [2.45, 2.75) is 25.1 Å². The summed E-state index contributed by atoms with van der Waals surface area (Å²) in [5, 5.41) is 6.73. The lowest BCUT2D eigenvalue weighted by Gasteiger charge is -2.38. The van der Waals surface area contributed by atoms with Crippen LogP contribution in [0.15, 0.2) is 82.4 Å². The van der Waals surface area contributed by atoms with Crippen molar-refractivity contribution in [2.75, 3.05) is 0 Å². The lowest BCUT2D eigenvalue weighted by Crippen LogP contribution is -2.33. The number of hydrazone groups is 1. The Morgan fingerprint density at radius 1 is 1.00 bits per heavy atom. The van der Waals surface area contributed by atoms with E-state index in [9.17, 15) is 13.2 Å². The lowest BCUT2D eigenvalue weighted by molar-refractivity contribution is -0.274. The number of benzene rings is 3. The largest absolute Gasteiger partial charge is 0.573 e. The van der Waals surface area contributed by atoms with E-state index in [-0.39, 0.29) is 11.8 Å². The third kappa shape index (κ3) is 3.99. The fraction of sp³-hybridized carbons (Fsp3) is 0.174. The monoisotopic (exact) mass is 488 g/mol. The zero-order chi connectivity index (χ0) is 21.6. The molecule has 0 fully saturated rings. The predicted molar refractivity (Wildman–Crippen MR) is 113 cm³/mol. The van der Waals surface area contributed by atoms with E-state index in [0.29, 0.717) is 12.0 Å². The molecule has 0 aromatic heterocycles. The molecule has 0 aliphatic carbocycles. The molecule has 2 aliphatic heterocycles. The van der Waals surface area contributed by atoms with Crippen molar-refractivity contribution in [2.24, 2.45) is 5.10 Å². The number of hydrogen-bond acceptors (Lipinski definition) is 4. The summed E-state index contributed by atoms with van der Waals surface area (Å²) in [6.45, 7) is 0. The Hall–Kier alpha value is -3.00. The second kappa shape index (κ2) is 7.60. The molecule has 0 saturated heterocycles. The Morgan fingerprint density at radius 3 is 2.45 bits per heavy atom. The highest BCUT2D eigenvalue weighted by Crippen LogP contribution is 2.48. The quantitative estimate of drug-likeness (QED) is 0.417. The van der Waals surface area contributed by atoms with Crippen LogP contribution in [-0.4, -0.2) is 17.1 Å². The molecule has 8 heteroatoms. The SMILES string of the molecule is FC(F)(F)Oc1ccc([C@H]2Oc3ccc(Br)cc3[C@H]3CC(c4ccccc4)=NN32)cc1. The number of nitrogens with zero attached hydrogens (tertiary/aromatic N) is 2. The molecule has 0 unspecified atom stereocenters. The van der Waals surface area contributed by atoms with Gasteiger partial charge in [-0.25, -0.2) is 5.01 Å². The minimum atomic E-state index is -4.73. The molecule has 0 spiro atoms. The molecular formula is C23H16BrF3N2O2. The first-order valence-corrected chi connectivity index (χ1v) is 10.4. The Morgan fingerprint density at radius 2 is 1.74 bits per heavy atom. The number of fused-ring (bicyclic) bond motifs is 3. The number of rotatable bonds is 3. The third-order valence-electron chi connectivity index (χ3n) is 5.26. The van der Waals surface area contributed by atoms with E-state index in [0.717, 1.165) is 27.1 Å². The number of alkyl halides is 3. The van der Waals surface area contributed by atoms with Crippen LogP contribution < -0.4 is 9.47 Å². The van der Waals surface area contributed by atoms with E-state index in [4.69, 9.17) is 9.84 Å². The van der Waals surface area contributed by atoms with E-state index in [1.165, 1.54) is 12.1 Å². The van der Waals surface area contributed by atoms with Crippen molar-refractivity contribution in [1.82, 2.24) is 5.01 Å². The second-order valence-corrected chi connectivity index (χ2v) is 8.20. The first kappa shape index (κ1) is 19.9. The minimum absolute atomic E-state index is 0.0486. The molecule has 31 heavy (non-hydrogen) atoms. The number of hydrogen-bond donors (Lipinski definition) is 0. The summed E-state index contributed by atoms with van der Waals surface area (Å²) < 4.78 is 48.7. The maximum atomic E-state index is 12.5. The van der Waals surface area contributed by atoms with Gasteiger partial charge in [0.05, 0.1) is 11.8 Å². The molecular weight excluding hydrogens is 473 g/mol. The average Bonchev–Trinajstić information content (AvgIpc) is 3.19. The average molecular weight is 489 g/mol. The molecule has 158 valence electrons. The molecule has 2 heterocycles. The van der Waals surface area contributed by atoms with Crippen LogP contribution in [-0.2, 0) is 0 Å². The van der Waals surface area contributed by atoms with Gasteiger partial charge in [0, 0.05) is 22.0 Å². The molecule has 2 atom stereocenters. The Labute approximate surface area is 185 Å². The van der Waals surface area contributed by atoms with Crippen molar-refractivity contribution in [1.29, 1.82) is 0 Å². The van der Waals surface area contributed by atoms with Crippen molar-refractivity contribution in [3.05, 3.63) is 94.0 Å². The van der Waals surface area contributed by atoms with E-state index >= 15 is 0 Å². The van der Waals surface area contributed by atoms with Gasteiger partial charge in [0.1, 0.15) is 11.5 Å². The third-order valence-corrected chi connectivity index (χ3v) is 5.75. The number of halogens is 4. The smallest absolute Gasteiger partial charge is 0.464 e. The molecule has 3 aromatic rings. The molecule has 5 rings (SSSR count). The molecule has 0 saturated carbocycles. The van der Waals surface area contributed by atoms with Crippen LogP contribution >= 0.6 is 15.9 Å². The highest BCUT2D eigenvalue weighted by molar-refractivity contribution is 9.10. The zero-order valence-electron chi connectivity index (χ0n) is 16.0. The van der Waals surface area contributed by atoms with Crippen LogP contribution in [0.5, 0.6) is 11.5 Å². The maximum Gasteiger partial charge on any atom is 0.573 e. The van der Waals surface area contributed by atoms with E-state index in [2.05, 4.69) is 20.7 Å². The Bertz CT molecular complexity index is 1130. The number of ether oxygens (including phenoxy) is 2. The lowest BCUT2D eigenvalue weighted by atomic mass is 9.96. The van der Waals surface area contributed by atoms with Gasteiger partial charge in [0.2, 0.25) is 6.23 Å². The van der Waals surface area contributed by atoms with Crippen molar-refractivity contribution >= 4 is 21.6 Å². The highest BCUT2D eigenvalue weighted by atomic mass is 79.9. The van der Waals surface area contributed by atoms with E-state index in [1.807, 2.05) is 53.5 Å². The van der Waals surface area contributed by atoms with Gasteiger partial charge in [-0.2, -0.15) is 5.10 Å². The van der Waals surface area contributed by atoms with Gasteiger partial charge >= 0.3 is 6.36 Å². The van der Waals surface area contributed by atoms with Gasteiger partial charge in [-0.1, -0.05) is 46.3 Å². The fourth-order valence-corrected chi connectivity index (χ4v) is 4.30. The maximum absolute atomic E-state index is 12.5. The molecule has 0 radical (unpaired) electrons. The first-order chi connectivity index (χ1) is 14.9. The van der Waals surface area contributed by atoms with Crippen LogP contribution in [0.3, 0.4) is 0 Å². The summed E-state index contributed by atoms with van der Waals surface area (Å²) >= 11 is 3.52. The minimum Gasteiger partial charge on any atom is -0.464 e. The van der Waals surface area contributed by atoms with Gasteiger partial charge in [0.15, 0.2) is 0 Å². The highest BCUT2D eigenvalue weighted by Gasteiger charge is 2.41. The Kier molecular flexibility index (Phi) is 4.89. The van der Waals surface area contributed by atoms with E-state index < -0.39 is 12.6 Å². The van der Waals surface area contributed by atoms with Gasteiger partial charge in [-0.05, 0) is 48.0 Å². The normalized spacial score (nSPS) is 19.9. The molecule has 0 N–H and O–H groups in total. The standard InChI is InChI=1S/C23H16BrF3N2O2/c24-16-8-11-21-18(12-16)20-13-19(14-4-2-1-3-5-14)28-29(20)22(30-21)15-6-9-17(10-7-15)31-23(25,26)27/h1-12,20,22H,13H2/t20-,22-/m1/s1. The Balaban J connectivity index is 1.52. The molecule has 0 bridgehead atoms. The second-order valence-electron chi connectivity index (χ2n) is 7.28. The first-order valence-electron chi connectivity index (χ1n) is 9.60. The van der Waals surface area contributed by atoms with Gasteiger partial charge in [0.25, 0.3) is 0 Å². The topological polar surface area (TPSA) is 34.1 Å². The summed E-state index contributed by atoms with van der Waals surface area (Å²) in [7, 11) is 0. The van der Waals surface area contributed by atoms with Crippen LogP contribution in [0.4, 0.5) is 13.2 Å². The van der Waals surface area contributed by atoms with Gasteiger partial charge in [-0.3, -0.25) is 0 Å². The summed E-state index contributed by atoms with van der Waals surface area (Å²) in [6.07, 6.45) is -4.60. The van der Waals surface area contributed by atoms with Gasteiger partial charge < -0.3 is 9.47 Å². The van der Waals surface area contributed by atoms with Crippen LogP contribution in [0.1, 0.15) is 35.4 Å². The van der Waals surface area contributed by atoms with Crippen LogP contribution in [0.25, 0.3) is 0 Å². The van der Waals surface area contributed by atoms with Crippen LogP contribution in [0.2, 0.25) is 0 Å². The van der Waals surface area contributed by atoms with Crippen molar-refractivity contribution in [3.8, 4) is 11.5 Å². The summed E-state index contributed by atoms with van der Waals surface area (Å²) in [5.74, 6) is 0.456. The van der Waals surface area contributed by atoms with Crippen molar-refractivity contribution in [3.63, 3.8) is 0 Å². The van der Waals surface area contributed by atoms with E-state index in [1.54, 1.807) is 12.1 Å². The van der Waals surface area contributed by atoms with Crippen LogP contribution in [0, 0.1) is 0 Å². The summed E-state index contributed by atoms with van der Waals surface area (Å²) in [4.78, 5) is 0. The molecule has 3 aromatic carbocycles. The zero-order valence-corrected chi connectivity index (χ0v) is 17.6. The predicted octanol–water partition coefficient (Wildman–Crippen LogP) is 6.59. The fourth-order valence-electron chi connectivity index (χ4n) is 3.92. The van der Waals surface area contributed by atoms with Gasteiger partial charge in [-0.15, -0.1) is 13.2 Å². The molecule has 0 amide bonds.